The van der Waals surface area contributed by atoms with Gasteiger partial charge in [-0.3, -0.25) is 0 Å². The molecule has 1 unspecified atom stereocenters. The van der Waals surface area contributed by atoms with Crippen molar-refractivity contribution in [3.63, 3.8) is 0 Å². The van der Waals surface area contributed by atoms with Crippen LogP contribution in [0.5, 0.6) is 0 Å². The zero-order chi connectivity index (χ0) is 13.3. The van der Waals surface area contributed by atoms with E-state index in [0.717, 1.165) is 6.42 Å². The van der Waals surface area contributed by atoms with E-state index >= 15 is 0 Å². The Hall–Kier alpha value is -0.360. The van der Waals surface area contributed by atoms with Crippen molar-refractivity contribution in [2.45, 2.75) is 29.5 Å². The average Bonchev–Trinajstić information content (AvgIpc) is 2.38. The second kappa shape index (κ2) is 5.10. The van der Waals surface area contributed by atoms with E-state index in [-0.39, 0.29) is 13.0 Å². The number of nitrogens with two attached hydrogens (primary N) is 1. The Bertz CT molecular complexity index is 367. The van der Waals surface area contributed by atoms with Crippen molar-refractivity contribution in [1.82, 2.24) is 0 Å². The van der Waals surface area contributed by atoms with Crippen LogP contribution in [0.3, 0.4) is 0 Å². The van der Waals surface area contributed by atoms with Gasteiger partial charge >= 0.3 is 21.6 Å². The van der Waals surface area contributed by atoms with Gasteiger partial charge in [-0.1, -0.05) is 34.8 Å². The summed E-state index contributed by atoms with van der Waals surface area (Å²) in [6, 6.07) is -1.09. The number of likely N-dealkylation sites (tertiary alicyclic amines) is 1. The van der Waals surface area contributed by atoms with Crippen molar-refractivity contribution in [3.05, 3.63) is 0 Å². The van der Waals surface area contributed by atoms with Crippen molar-refractivity contribution >= 4 is 52.6 Å². The highest BCUT2D eigenvalue weighted by molar-refractivity contribution is 6.76. The number of primary amides is 1. The lowest BCUT2D eigenvalue weighted by atomic mass is 10.2. The first kappa shape index (κ1) is 14.7. The molecule has 0 radical (unpaired) electrons. The van der Waals surface area contributed by atoms with E-state index in [1.165, 1.54) is 0 Å². The molecular weight excluding hydrogens is 290 g/mol. The van der Waals surface area contributed by atoms with Crippen molar-refractivity contribution in [3.8, 4) is 0 Å². The number of halogens is 3. The van der Waals surface area contributed by atoms with Crippen molar-refractivity contribution in [2.24, 2.45) is 5.73 Å². The van der Waals surface area contributed by atoms with Gasteiger partial charge in [-0.05, 0) is 19.3 Å². The molecule has 0 saturated carbocycles. The van der Waals surface area contributed by atoms with E-state index in [9.17, 15) is 14.4 Å². The Morgan fingerprint density at radius 1 is 1.18 bits per heavy atom. The van der Waals surface area contributed by atoms with Crippen LogP contribution in [0, 0.1) is 0 Å². The van der Waals surface area contributed by atoms with Crippen LogP contribution in [0.15, 0.2) is 0 Å². The summed E-state index contributed by atoms with van der Waals surface area (Å²) in [5.41, 5.74) is 5.18. The second-order valence-electron chi connectivity index (χ2n) is 3.88. The molecule has 17 heavy (non-hydrogen) atoms. The molecule has 96 valence electrons. The summed E-state index contributed by atoms with van der Waals surface area (Å²) in [7, 11) is 0. The minimum atomic E-state index is -2.34. The number of carbonyl (C=O) groups excluding carboxylic acids is 3. The van der Waals surface area contributed by atoms with Gasteiger partial charge in [0.05, 0.1) is 6.42 Å². The Labute approximate surface area is 113 Å². The number of hydrogen-bond donors (Lipinski definition) is 1. The van der Waals surface area contributed by atoms with Crippen LogP contribution in [0.25, 0.3) is 0 Å². The molecule has 1 atom stereocenters. The third-order valence-corrected chi connectivity index (χ3v) is 3.26. The van der Waals surface area contributed by atoms with E-state index in [1.54, 1.807) is 0 Å². The quantitative estimate of drug-likeness (QED) is 0.548. The minimum Gasteiger partial charge on any atom is -0.318 e. The maximum atomic E-state index is 12.0. The second-order valence-corrected chi connectivity index (χ2v) is 6.16. The van der Waals surface area contributed by atoms with Crippen LogP contribution in [0.2, 0.25) is 0 Å². The van der Waals surface area contributed by atoms with Gasteiger partial charge in [0.15, 0.2) is 0 Å². The van der Waals surface area contributed by atoms with Crippen LogP contribution in [0.4, 0.5) is 4.79 Å². The molecule has 0 bridgehead atoms. The first-order valence-electron chi connectivity index (χ1n) is 5.06. The molecule has 0 aliphatic carbocycles. The van der Waals surface area contributed by atoms with Crippen molar-refractivity contribution in [1.29, 1.82) is 0 Å². The molecule has 1 fully saturated rings. The summed E-state index contributed by atoms with van der Waals surface area (Å²) in [4.78, 5) is 35.4. The number of rotatable bonds is 0. The first-order chi connectivity index (χ1) is 7.73. The van der Waals surface area contributed by atoms with Crippen LogP contribution in [0.1, 0.15) is 25.7 Å². The number of alkyl halides is 3. The maximum Gasteiger partial charge on any atom is 0.429 e. The lowest BCUT2D eigenvalue weighted by molar-refractivity contribution is -0.694. The monoisotopic (exact) mass is 301 g/mol. The molecule has 0 aromatic heterocycles. The third kappa shape index (κ3) is 2.73. The van der Waals surface area contributed by atoms with Gasteiger partial charge in [0.2, 0.25) is 0 Å². The summed E-state index contributed by atoms with van der Waals surface area (Å²) in [5, 5.41) is 0. The number of urea groups is 1. The standard InChI is InChI=1S/C9H11Cl3N2O3/c10-9(11,12)7(16)14(8(13)17)5-3-1-2-4-6(14)15/h1-5H2,(H-,13,17)/p+1. The molecule has 0 aromatic rings. The number of nitrogens with zero attached hydrogens (tertiary/aromatic N) is 1. The molecular formula is C9H12Cl3N2O3+. The molecule has 0 aromatic carbocycles. The van der Waals surface area contributed by atoms with Gasteiger partial charge in [0, 0.05) is 0 Å². The highest BCUT2D eigenvalue weighted by Gasteiger charge is 2.58. The van der Waals surface area contributed by atoms with E-state index in [1.807, 2.05) is 0 Å². The van der Waals surface area contributed by atoms with Crippen LogP contribution in [-0.4, -0.2) is 32.7 Å². The van der Waals surface area contributed by atoms with Gasteiger partial charge in [-0.2, -0.15) is 0 Å². The van der Waals surface area contributed by atoms with Gasteiger partial charge in [-0.25, -0.2) is 14.4 Å². The van der Waals surface area contributed by atoms with E-state index in [0.29, 0.717) is 12.8 Å². The Morgan fingerprint density at radius 3 is 2.24 bits per heavy atom. The summed E-state index contributed by atoms with van der Waals surface area (Å²) in [6.45, 7) is -0.0408. The SMILES string of the molecule is NC(=O)[N+]1(C(=O)C(Cl)(Cl)Cl)CCCCCC1=O. The van der Waals surface area contributed by atoms with Crippen LogP contribution in [-0.2, 0) is 9.59 Å². The fourth-order valence-corrected chi connectivity index (χ4v) is 2.31. The molecule has 1 heterocycles. The molecule has 2 N–H and O–H groups in total. The lowest BCUT2D eigenvalue weighted by Gasteiger charge is -2.29. The topological polar surface area (TPSA) is 77.2 Å². The zero-order valence-corrected chi connectivity index (χ0v) is 11.2. The summed E-state index contributed by atoms with van der Waals surface area (Å²) < 4.78 is -3.54. The molecule has 1 aliphatic heterocycles. The first-order valence-corrected chi connectivity index (χ1v) is 6.19. The molecule has 0 spiro atoms. The predicted molar refractivity (Wildman–Crippen MR) is 63.5 cm³/mol. The van der Waals surface area contributed by atoms with E-state index in [4.69, 9.17) is 40.5 Å². The number of hydrogen-bond acceptors (Lipinski definition) is 3. The molecule has 4 amide bonds. The number of imide groups is 3. The normalized spacial score (nSPS) is 26.4. The van der Waals surface area contributed by atoms with Gasteiger partial charge < -0.3 is 5.73 Å². The summed E-state index contributed by atoms with van der Waals surface area (Å²) >= 11 is 16.4. The predicted octanol–water partition coefficient (Wildman–Crippen LogP) is 1.88. The summed E-state index contributed by atoms with van der Waals surface area (Å²) in [6.07, 6.45) is 1.90. The molecule has 1 saturated heterocycles. The fourth-order valence-electron chi connectivity index (χ4n) is 1.88. The zero-order valence-electron chi connectivity index (χ0n) is 8.92. The van der Waals surface area contributed by atoms with Crippen molar-refractivity contribution in [2.75, 3.05) is 6.54 Å². The highest BCUT2D eigenvalue weighted by atomic mass is 35.6. The highest BCUT2D eigenvalue weighted by Crippen LogP contribution is 2.34. The van der Waals surface area contributed by atoms with E-state index < -0.39 is 26.1 Å². The molecule has 1 rings (SSSR count). The van der Waals surface area contributed by atoms with Gasteiger partial charge in [0.1, 0.15) is 6.54 Å². The van der Waals surface area contributed by atoms with Gasteiger partial charge in [-0.15, -0.1) is 4.48 Å². The molecule has 8 heteroatoms. The number of amides is 4. The number of quaternary nitrogens is 1. The lowest BCUT2D eigenvalue weighted by Crippen LogP contribution is -2.66. The van der Waals surface area contributed by atoms with Crippen LogP contribution < -0.4 is 5.73 Å². The van der Waals surface area contributed by atoms with Gasteiger partial charge in [0.25, 0.3) is 0 Å². The molecule has 1 aliphatic rings. The fraction of sp³-hybridized carbons (Fsp3) is 0.667. The minimum absolute atomic E-state index is 0.0408. The Morgan fingerprint density at radius 2 is 1.76 bits per heavy atom. The molecule has 5 nitrogen and oxygen atoms in total. The largest absolute Gasteiger partial charge is 0.429 e. The summed E-state index contributed by atoms with van der Waals surface area (Å²) in [5.74, 6) is -1.70. The Balaban J connectivity index is 3.25. The van der Waals surface area contributed by atoms with Crippen molar-refractivity contribution < 1.29 is 18.9 Å². The third-order valence-electron chi connectivity index (χ3n) is 2.78. The smallest absolute Gasteiger partial charge is 0.318 e. The maximum absolute atomic E-state index is 12.0. The Kier molecular flexibility index (Phi) is 4.41. The van der Waals surface area contributed by atoms with E-state index in [2.05, 4.69) is 0 Å². The van der Waals surface area contributed by atoms with Crippen LogP contribution >= 0.6 is 34.8 Å². The average molecular weight is 303 g/mol. The number of carbonyl (C=O) groups is 3.